The van der Waals surface area contributed by atoms with Crippen molar-refractivity contribution in [3.8, 4) is 0 Å². The van der Waals surface area contributed by atoms with Crippen LogP contribution in [0.1, 0.15) is 12.8 Å². The van der Waals surface area contributed by atoms with Crippen molar-refractivity contribution >= 4 is 29.3 Å². The lowest BCUT2D eigenvalue weighted by Gasteiger charge is -2.20. The number of carboxylic acids is 1. The molecule has 2 rings (SSSR count). The van der Waals surface area contributed by atoms with Crippen molar-refractivity contribution in [1.82, 2.24) is 4.90 Å². The lowest BCUT2D eigenvalue weighted by Crippen LogP contribution is -2.40. The summed E-state index contributed by atoms with van der Waals surface area (Å²) < 4.78 is 0. The van der Waals surface area contributed by atoms with Gasteiger partial charge in [-0.1, -0.05) is 6.07 Å². The number of carbonyl (C=O) groups excluding carboxylic acids is 1. The second kappa shape index (κ2) is 6.76. The fourth-order valence-electron chi connectivity index (χ4n) is 2.38. The Bertz CT molecular complexity index is 507. The van der Waals surface area contributed by atoms with Crippen LogP contribution in [0.25, 0.3) is 0 Å². The molecule has 0 aliphatic carbocycles. The van der Waals surface area contributed by atoms with E-state index in [1.54, 1.807) is 16.7 Å². The Morgan fingerprint density at radius 3 is 3.00 bits per heavy atom. The van der Waals surface area contributed by atoms with Crippen LogP contribution in [-0.2, 0) is 9.59 Å². The zero-order valence-corrected chi connectivity index (χ0v) is 12.2. The van der Waals surface area contributed by atoms with Crippen LogP contribution in [0.3, 0.4) is 0 Å². The molecule has 5 nitrogen and oxygen atoms in total. The fourth-order valence-corrected chi connectivity index (χ4v) is 2.84. The van der Waals surface area contributed by atoms with Crippen LogP contribution in [0.2, 0.25) is 0 Å². The summed E-state index contributed by atoms with van der Waals surface area (Å²) in [7, 11) is 0. The highest BCUT2D eigenvalue weighted by Gasteiger charge is 2.31. The van der Waals surface area contributed by atoms with E-state index in [-0.39, 0.29) is 12.5 Å². The first-order valence-electron chi connectivity index (χ1n) is 6.51. The number of amides is 1. The molecule has 1 atom stereocenters. The van der Waals surface area contributed by atoms with Crippen LogP contribution in [0, 0.1) is 0 Å². The molecule has 2 N–H and O–H groups in total. The van der Waals surface area contributed by atoms with E-state index in [0.717, 1.165) is 17.0 Å². The van der Waals surface area contributed by atoms with Gasteiger partial charge in [-0.15, -0.1) is 11.8 Å². The van der Waals surface area contributed by atoms with Crippen molar-refractivity contribution in [2.75, 3.05) is 24.7 Å². The van der Waals surface area contributed by atoms with Gasteiger partial charge in [-0.2, -0.15) is 0 Å². The third-order valence-electron chi connectivity index (χ3n) is 3.35. The molecule has 1 saturated heterocycles. The molecule has 0 saturated carbocycles. The standard InChI is InChI=1S/C14H18N2O3S/c1-20-11-5-2-4-10(8-11)15-13(17)9-16-7-3-6-12(16)14(18)19/h2,4-5,8,12H,3,6-7,9H2,1H3,(H,15,17)(H,18,19)/t12-/m1/s1. The van der Waals surface area contributed by atoms with Crippen molar-refractivity contribution in [3.05, 3.63) is 24.3 Å². The van der Waals surface area contributed by atoms with Crippen LogP contribution in [-0.4, -0.2) is 47.3 Å². The predicted molar refractivity (Wildman–Crippen MR) is 79.1 cm³/mol. The number of aliphatic carboxylic acids is 1. The number of nitrogens with zero attached hydrogens (tertiary/aromatic N) is 1. The van der Waals surface area contributed by atoms with Crippen LogP contribution >= 0.6 is 11.8 Å². The number of benzene rings is 1. The zero-order chi connectivity index (χ0) is 14.5. The zero-order valence-electron chi connectivity index (χ0n) is 11.3. The van der Waals surface area contributed by atoms with E-state index in [4.69, 9.17) is 5.11 Å². The maximum atomic E-state index is 12.0. The number of thioether (sulfide) groups is 1. The van der Waals surface area contributed by atoms with E-state index in [2.05, 4.69) is 5.32 Å². The van der Waals surface area contributed by atoms with E-state index >= 15 is 0 Å². The second-order valence-electron chi connectivity index (χ2n) is 4.75. The average Bonchev–Trinajstić information content (AvgIpc) is 2.87. The number of likely N-dealkylation sites (tertiary alicyclic amines) is 1. The number of hydrogen-bond donors (Lipinski definition) is 2. The van der Waals surface area contributed by atoms with Crippen molar-refractivity contribution in [2.45, 2.75) is 23.8 Å². The topological polar surface area (TPSA) is 69.6 Å². The van der Waals surface area contributed by atoms with E-state index < -0.39 is 12.0 Å². The summed E-state index contributed by atoms with van der Waals surface area (Å²) in [5, 5.41) is 11.9. The SMILES string of the molecule is CSc1cccc(NC(=O)CN2CCC[C@@H]2C(=O)O)c1. The Kier molecular flexibility index (Phi) is 5.03. The van der Waals surface area contributed by atoms with Gasteiger partial charge in [0, 0.05) is 10.6 Å². The summed E-state index contributed by atoms with van der Waals surface area (Å²) in [6.07, 6.45) is 3.42. The molecule has 0 aromatic heterocycles. The summed E-state index contributed by atoms with van der Waals surface area (Å²) in [6, 6.07) is 7.06. The first-order valence-corrected chi connectivity index (χ1v) is 7.73. The summed E-state index contributed by atoms with van der Waals surface area (Å²) in [5.41, 5.74) is 0.743. The number of anilines is 1. The molecule has 1 heterocycles. The Morgan fingerprint density at radius 1 is 1.50 bits per heavy atom. The van der Waals surface area contributed by atoms with Crippen LogP contribution in [0.5, 0.6) is 0 Å². The number of carboxylic acid groups (broad SMARTS) is 1. The van der Waals surface area contributed by atoms with Crippen molar-refractivity contribution in [3.63, 3.8) is 0 Å². The van der Waals surface area contributed by atoms with Gasteiger partial charge in [-0.25, -0.2) is 0 Å². The largest absolute Gasteiger partial charge is 0.480 e. The highest BCUT2D eigenvalue weighted by Crippen LogP contribution is 2.20. The molecule has 0 bridgehead atoms. The van der Waals surface area contributed by atoms with Gasteiger partial charge in [0.2, 0.25) is 5.91 Å². The van der Waals surface area contributed by atoms with Crippen LogP contribution in [0.4, 0.5) is 5.69 Å². The number of nitrogens with one attached hydrogen (secondary N) is 1. The van der Waals surface area contributed by atoms with Gasteiger partial charge in [0.15, 0.2) is 0 Å². The van der Waals surface area contributed by atoms with Crippen molar-refractivity contribution in [2.24, 2.45) is 0 Å². The van der Waals surface area contributed by atoms with Gasteiger partial charge >= 0.3 is 5.97 Å². The molecule has 1 aliphatic heterocycles. The highest BCUT2D eigenvalue weighted by molar-refractivity contribution is 7.98. The molecule has 20 heavy (non-hydrogen) atoms. The van der Waals surface area contributed by atoms with E-state index in [1.807, 2.05) is 30.5 Å². The summed E-state index contributed by atoms with van der Waals surface area (Å²) >= 11 is 1.61. The first kappa shape index (κ1) is 14.9. The van der Waals surface area contributed by atoms with Crippen LogP contribution in [0.15, 0.2) is 29.2 Å². The molecule has 1 aliphatic rings. The minimum atomic E-state index is -0.848. The molecule has 1 amide bonds. The Balaban J connectivity index is 1.93. The second-order valence-corrected chi connectivity index (χ2v) is 5.63. The quantitative estimate of drug-likeness (QED) is 0.812. The van der Waals surface area contributed by atoms with Gasteiger partial charge in [-0.05, 0) is 43.8 Å². The molecule has 0 radical (unpaired) electrons. The molecule has 0 unspecified atom stereocenters. The maximum Gasteiger partial charge on any atom is 0.320 e. The van der Waals surface area contributed by atoms with Gasteiger partial charge in [0.05, 0.1) is 6.54 Å². The molecule has 1 aromatic carbocycles. The Hall–Kier alpha value is -1.53. The number of hydrogen-bond acceptors (Lipinski definition) is 4. The normalized spacial score (nSPS) is 18.9. The molecule has 6 heteroatoms. The van der Waals surface area contributed by atoms with Gasteiger partial charge in [-0.3, -0.25) is 14.5 Å². The minimum absolute atomic E-state index is 0.125. The van der Waals surface area contributed by atoms with E-state index in [9.17, 15) is 9.59 Å². The number of carbonyl (C=O) groups is 2. The third-order valence-corrected chi connectivity index (χ3v) is 4.07. The first-order chi connectivity index (χ1) is 9.60. The molecular formula is C14H18N2O3S. The molecule has 1 aromatic rings. The fraction of sp³-hybridized carbons (Fsp3) is 0.429. The molecule has 1 fully saturated rings. The lowest BCUT2D eigenvalue weighted by atomic mass is 10.2. The lowest BCUT2D eigenvalue weighted by molar-refractivity contribution is -0.142. The monoisotopic (exact) mass is 294 g/mol. The Labute approximate surface area is 122 Å². The summed E-state index contributed by atoms with van der Waals surface area (Å²) in [4.78, 5) is 25.8. The van der Waals surface area contributed by atoms with E-state index in [0.29, 0.717) is 13.0 Å². The smallest absolute Gasteiger partial charge is 0.320 e. The Morgan fingerprint density at radius 2 is 2.30 bits per heavy atom. The van der Waals surface area contributed by atoms with Gasteiger partial charge < -0.3 is 10.4 Å². The summed E-state index contributed by atoms with van der Waals surface area (Å²) in [6.45, 7) is 0.787. The van der Waals surface area contributed by atoms with Gasteiger partial charge in [0.25, 0.3) is 0 Å². The highest BCUT2D eigenvalue weighted by atomic mass is 32.2. The average molecular weight is 294 g/mol. The molecular weight excluding hydrogens is 276 g/mol. The van der Waals surface area contributed by atoms with Crippen molar-refractivity contribution in [1.29, 1.82) is 0 Å². The predicted octanol–water partition coefficient (Wildman–Crippen LogP) is 1.90. The molecule has 0 spiro atoms. The number of rotatable bonds is 5. The van der Waals surface area contributed by atoms with Crippen LogP contribution < -0.4 is 5.32 Å². The summed E-state index contributed by atoms with van der Waals surface area (Å²) in [5.74, 6) is -1.02. The maximum absolute atomic E-state index is 12.0. The minimum Gasteiger partial charge on any atom is -0.480 e. The van der Waals surface area contributed by atoms with Gasteiger partial charge in [0.1, 0.15) is 6.04 Å². The molecule has 108 valence electrons. The third kappa shape index (κ3) is 3.74. The van der Waals surface area contributed by atoms with Crippen molar-refractivity contribution < 1.29 is 14.7 Å². The van der Waals surface area contributed by atoms with E-state index in [1.165, 1.54) is 0 Å².